The van der Waals surface area contributed by atoms with Crippen molar-refractivity contribution in [1.82, 2.24) is 24.9 Å². The van der Waals surface area contributed by atoms with Crippen molar-refractivity contribution in [2.24, 2.45) is 0 Å². The molecule has 1 atom stereocenters. The summed E-state index contributed by atoms with van der Waals surface area (Å²) in [6.07, 6.45) is 0.00800. The van der Waals surface area contributed by atoms with E-state index in [0.29, 0.717) is 0 Å². The molecule has 1 aliphatic rings. The summed E-state index contributed by atoms with van der Waals surface area (Å²) in [5.74, 6) is -4.59. The highest BCUT2D eigenvalue weighted by Gasteiger charge is 2.29. The number of rotatable bonds is 11. The molecule has 1 saturated heterocycles. The monoisotopic (exact) mass is 531 g/mol. The van der Waals surface area contributed by atoms with Crippen LogP contribution in [0.3, 0.4) is 0 Å². The Morgan fingerprint density at radius 1 is 0.676 bits per heavy atom. The predicted octanol–water partition coefficient (Wildman–Crippen LogP) is -1.39. The van der Waals surface area contributed by atoms with Crippen molar-refractivity contribution in [1.29, 1.82) is 0 Å². The number of carbonyl (C=O) groups is 5. The molecule has 0 bridgehead atoms. The van der Waals surface area contributed by atoms with Crippen LogP contribution in [0.15, 0.2) is 0 Å². The lowest BCUT2D eigenvalue weighted by Gasteiger charge is -2.35. The highest BCUT2D eigenvalue weighted by molar-refractivity contribution is 5.79. The topological polar surface area (TPSA) is 191 Å². The maximum Gasteiger partial charge on any atom is 0.320 e. The van der Waals surface area contributed by atoms with Gasteiger partial charge in [-0.2, -0.15) is 0 Å². The largest absolute Gasteiger partial charge is 0.480 e. The fraction of sp³-hybridized carbons (Fsp3) is 0.783. The van der Waals surface area contributed by atoms with Gasteiger partial charge in [0.1, 0.15) is 6.04 Å². The molecule has 0 spiro atoms. The molecule has 1 fully saturated rings. The summed E-state index contributed by atoms with van der Waals surface area (Å²) in [6, 6.07) is -1.03. The highest BCUT2D eigenvalue weighted by atomic mass is 16.4. The second-order valence-electron chi connectivity index (χ2n) is 10.2. The van der Waals surface area contributed by atoms with Gasteiger partial charge in [0.2, 0.25) is 5.91 Å². The van der Waals surface area contributed by atoms with E-state index in [-0.39, 0.29) is 90.7 Å². The number of carboxylic acid groups (broad SMARTS) is 4. The molecule has 0 radical (unpaired) electrons. The summed E-state index contributed by atoms with van der Waals surface area (Å²) < 4.78 is 0. The van der Waals surface area contributed by atoms with E-state index in [1.54, 1.807) is 19.6 Å². The first kappa shape index (κ1) is 32.2. The van der Waals surface area contributed by atoms with E-state index in [9.17, 15) is 44.4 Å². The molecule has 1 amide bonds. The number of carboxylic acids is 4. The number of aliphatic carboxylic acids is 4. The van der Waals surface area contributed by atoms with Crippen LogP contribution in [0.25, 0.3) is 0 Å². The molecule has 1 unspecified atom stereocenters. The molecule has 0 aliphatic carbocycles. The Bertz CT molecular complexity index is 770. The predicted molar refractivity (Wildman–Crippen MR) is 132 cm³/mol. The van der Waals surface area contributed by atoms with Crippen LogP contribution in [0.4, 0.5) is 0 Å². The number of nitrogens with zero attached hydrogens (tertiary/aromatic N) is 4. The minimum Gasteiger partial charge on any atom is -0.480 e. The van der Waals surface area contributed by atoms with Crippen LogP contribution in [-0.4, -0.2) is 153 Å². The van der Waals surface area contributed by atoms with Crippen LogP contribution in [-0.2, 0) is 24.0 Å². The molecule has 0 aromatic carbocycles. The zero-order valence-electron chi connectivity index (χ0n) is 21.9. The van der Waals surface area contributed by atoms with Crippen molar-refractivity contribution in [3.63, 3.8) is 0 Å². The summed E-state index contributed by atoms with van der Waals surface area (Å²) in [5.41, 5.74) is -0.466. The standard InChI is InChI=1S/C23H41N5O9/c1-23(2,3)24-18(29)5-4-17(22(36)37)28-12-10-26(15-20(32)33)8-6-25(14-19(30)31)7-9-27(11-13-28)16-21(34)35/h17H,4-16H2,1-3H3,(H,24,29)(H,30,31)(H,32,33)(H,34,35)(H,36,37). The lowest BCUT2D eigenvalue weighted by molar-refractivity contribution is -0.145. The highest BCUT2D eigenvalue weighted by Crippen LogP contribution is 2.11. The maximum atomic E-state index is 12.3. The molecule has 14 heteroatoms. The van der Waals surface area contributed by atoms with E-state index in [2.05, 4.69) is 5.32 Å². The van der Waals surface area contributed by atoms with Crippen molar-refractivity contribution in [2.45, 2.75) is 45.2 Å². The number of nitrogens with one attached hydrogen (secondary N) is 1. The van der Waals surface area contributed by atoms with Crippen molar-refractivity contribution >= 4 is 29.8 Å². The average molecular weight is 532 g/mol. The molecule has 1 heterocycles. The maximum absolute atomic E-state index is 12.3. The first-order valence-corrected chi connectivity index (χ1v) is 12.3. The molecule has 212 valence electrons. The van der Waals surface area contributed by atoms with Gasteiger partial charge in [-0.05, 0) is 27.2 Å². The van der Waals surface area contributed by atoms with Crippen molar-refractivity contribution in [3.05, 3.63) is 0 Å². The molecular formula is C23H41N5O9. The van der Waals surface area contributed by atoms with Gasteiger partial charge >= 0.3 is 23.9 Å². The quantitative estimate of drug-likeness (QED) is 0.210. The number of hydrogen-bond donors (Lipinski definition) is 5. The van der Waals surface area contributed by atoms with Gasteiger partial charge in [-0.3, -0.25) is 43.6 Å². The van der Waals surface area contributed by atoms with E-state index in [0.717, 1.165) is 0 Å². The van der Waals surface area contributed by atoms with E-state index in [1.807, 2.05) is 20.8 Å². The molecule has 1 rings (SSSR count). The third-order valence-electron chi connectivity index (χ3n) is 5.83. The van der Waals surface area contributed by atoms with Crippen molar-refractivity contribution < 1.29 is 44.4 Å². The van der Waals surface area contributed by atoms with Crippen molar-refractivity contribution in [3.8, 4) is 0 Å². The minimum absolute atomic E-state index is 0.0213. The second kappa shape index (κ2) is 15.4. The van der Waals surface area contributed by atoms with Gasteiger partial charge < -0.3 is 25.7 Å². The molecule has 0 aromatic rings. The SMILES string of the molecule is CC(C)(C)NC(=O)CCC(C(=O)O)N1CCN(CC(=O)O)CCN(CC(=O)O)CCN(CC(=O)O)CC1. The zero-order valence-corrected chi connectivity index (χ0v) is 21.9. The van der Waals surface area contributed by atoms with Gasteiger partial charge in [-0.1, -0.05) is 0 Å². The Hall–Kier alpha value is -2.81. The summed E-state index contributed by atoms with van der Waals surface area (Å²) in [6.45, 7) is 6.29. The zero-order chi connectivity index (χ0) is 28.2. The molecule has 37 heavy (non-hydrogen) atoms. The van der Waals surface area contributed by atoms with E-state index < -0.39 is 35.5 Å². The van der Waals surface area contributed by atoms with Crippen LogP contribution in [0, 0.1) is 0 Å². The van der Waals surface area contributed by atoms with Crippen LogP contribution in [0.2, 0.25) is 0 Å². The third kappa shape index (κ3) is 14.5. The fourth-order valence-corrected chi connectivity index (χ4v) is 4.12. The molecule has 14 nitrogen and oxygen atoms in total. The normalized spacial score (nSPS) is 18.8. The van der Waals surface area contributed by atoms with Crippen LogP contribution in [0.5, 0.6) is 0 Å². The summed E-state index contributed by atoms with van der Waals surface area (Å²) in [5, 5.41) is 40.6. The fourth-order valence-electron chi connectivity index (χ4n) is 4.12. The summed E-state index contributed by atoms with van der Waals surface area (Å²) in [4.78, 5) is 65.1. The molecule has 1 aliphatic heterocycles. The van der Waals surface area contributed by atoms with E-state index >= 15 is 0 Å². The first-order valence-electron chi connectivity index (χ1n) is 12.3. The van der Waals surface area contributed by atoms with Gasteiger partial charge in [0, 0.05) is 64.3 Å². The molecule has 0 saturated carbocycles. The lowest BCUT2D eigenvalue weighted by Crippen LogP contribution is -2.52. The Morgan fingerprint density at radius 3 is 1.32 bits per heavy atom. The van der Waals surface area contributed by atoms with Crippen LogP contribution < -0.4 is 5.32 Å². The summed E-state index contributed by atoms with van der Waals surface area (Å²) in [7, 11) is 0. The third-order valence-corrected chi connectivity index (χ3v) is 5.83. The van der Waals surface area contributed by atoms with Crippen LogP contribution in [0.1, 0.15) is 33.6 Å². The molecule has 5 N–H and O–H groups in total. The van der Waals surface area contributed by atoms with Gasteiger partial charge in [-0.15, -0.1) is 0 Å². The van der Waals surface area contributed by atoms with Gasteiger partial charge in [0.15, 0.2) is 0 Å². The first-order chi connectivity index (χ1) is 17.2. The van der Waals surface area contributed by atoms with Crippen molar-refractivity contribution in [2.75, 3.05) is 72.0 Å². The Morgan fingerprint density at radius 2 is 1.03 bits per heavy atom. The number of hydrogen-bond acceptors (Lipinski definition) is 9. The number of amides is 1. The van der Waals surface area contributed by atoms with Gasteiger partial charge in [0.25, 0.3) is 0 Å². The van der Waals surface area contributed by atoms with Gasteiger partial charge in [0.05, 0.1) is 19.6 Å². The van der Waals surface area contributed by atoms with E-state index in [4.69, 9.17) is 0 Å². The second-order valence-corrected chi connectivity index (χ2v) is 10.2. The molecular weight excluding hydrogens is 490 g/mol. The Labute approximate surface area is 216 Å². The lowest BCUT2D eigenvalue weighted by atomic mass is 10.1. The Balaban J connectivity index is 3.12. The summed E-state index contributed by atoms with van der Waals surface area (Å²) >= 11 is 0. The van der Waals surface area contributed by atoms with Gasteiger partial charge in [-0.25, -0.2) is 0 Å². The van der Waals surface area contributed by atoms with E-state index in [1.165, 1.54) is 0 Å². The smallest absolute Gasteiger partial charge is 0.320 e. The Kier molecular flexibility index (Phi) is 13.4. The number of carbonyl (C=O) groups excluding carboxylic acids is 1. The van der Waals surface area contributed by atoms with Crippen LogP contribution >= 0.6 is 0 Å². The minimum atomic E-state index is -1.13. The molecule has 0 aromatic heterocycles. The average Bonchev–Trinajstić information content (AvgIpc) is 2.72.